The minimum Gasteiger partial charge on any atom is -0.463 e. The van der Waals surface area contributed by atoms with Crippen molar-refractivity contribution in [3.05, 3.63) is 69.3 Å². The van der Waals surface area contributed by atoms with Crippen molar-refractivity contribution < 1.29 is 22.0 Å². The first-order chi connectivity index (χ1) is 15.8. The molecule has 3 N–H and O–H groups in total. The summed E-state index contributed by atoms with van der Waals surface area (Å²) in [6.45, 7) is 10.0. The lowest BCUT2D eigenvalue weighted by Gasteiger charge is -2.17. The van der Waals surface area contributed by atoms with Crippen molar-refractivity contribution in [2.45, 2.75) is 51.3 Å². The van der Waals surface area contributed by atoms with E-state index >= 15 is 0 Å². The van der Waals surface area contributed by atoms with Gasteiger partial charge in [0.15, 0.2) is 0 Å². The van der Waals surface area contributed by atoms with Crippen molar-refractivity contribution in [2.75, 3.05) is 5.32 Å². The lowest BCUT2D eigenvalue weighted by Crippen LogP contribution is -2.21. The molecule has 2 aromatic heterocycles. The largest absolute Gasteiger partial charge is 0.463 e. The number of primary sulfonamides is 1. The fraction of sp³-hybridized carbons (Fsp3) is 0.280. The van der Waals surface area contributed by atoms with E-state index in [2.05, 4.69) is 26.1 Å². The van der Waals surface area contributed by atoms with Gasteiger partial charge in [-0.3, -0.25) is 4.79 Å². The van der Waals surface area contributed by atoms with Crippen molar-refractivity contribution in [1.29, 1.82) is 0 Å². The van der Waals surface area contributed by atoms with Gasteiger partial charge in [-0.25, -0.2) is 18.4 Å². The predicted molar refractivity (Wildman–Crippen MR) is 131 cm³/mol. The maximum absolute atomic E-state index is 12.8. The van der Waals surface area contributed by atoms with Crippen molar-refractivity contribution in [1.82, 2.24) is 0 Å². The topological polar surface area (TPSA) is 133 Å². The molecule has 0 fully saturated rings. The average molecular weight is 483 g/mol. The number of sulfonamides is 1. The van der Waals surface area contributed by atoms with Gasteiger partial charge < -0.3 is 14.2 Å². The van der Waals surface area contributed by atoms with Crippen molar-refractivity contribution in [3.63, 3.8) is 0 Å². The summed E-state index contributed by atoms with van der Waals surface area (Å²) in [4.78, 5) is 25.4. The van der Waals surface area contributed by atoms with E-state index in [4.69, 9.17) is 14.0 Å². The van der Waals surface area contributed by atoms with Gasteiger partial charge in [-0.05, 0) is 60.7 Å². The van der Waals surface area contributed by atoms with E-state index in [1.807, 2.05) is 13.0 Å². The maximum Gasteiger partial charge on any atom is 0.340 e. The number of amides is 1. The van der Waals surface area contributed by atoms with Crippen molar-refractivity contribution in [3.8, 4) is 0 Å². The van der Waals surface area contributed by atoms with E-state index in [9.17, 15) is 18.0 Å². The number of benzene rings is 2. The Kier molecular flexibility index (Phi) is 5.65. The Balaban J connectivity index is 1.74. The van der Waals surface area contributed by atoms with Gasteiger partial charge in [0.1, 0.15) is 11.2 Å². The third-order valence-electron chi connectivity index (χ3n) is 5.90. The maximum atomic E-state index is 12.8. The summed E-state index contributed by atoms with van der Waals surface area (Å²) in [7, 11) is -3.83. The zero-order chi connectivity index (χ0) is 25.0. The van der Waals surface area contributed by atoms with Crippen LogP contribution in [0.5, 0.6) is 0 Å². The quantitative estimate of drug-likeness (QED) is 0.417. The zero-order valence-corrected chi connectivity index (χ0v) is 20.4. The molecule has 4 rings (SSSR count). The van der Waals surface area contributed by atoms with Crippen LogP contribution in [0.3, 0.4) is 0 Å². The Labute approximate surface area is 196 Å². The molecule has 0 bridgehead atoms. The summed E-state index contributed by atoms with van der Waals surface area (Å²) in [5.41, 5.74) is 3.51. The fourth-order valence-corrected chi connectivity index (χ4v) is 4.65. The highest BCUT2D eigenvalue weighted by Gasteiger charge is 2.25. The van der Waals surface area contributed by atoms with E-state index in [0.717, 1.165) is 16.5 Å². The first kappa shape index (κ1) is 23.7. The van der Waals surface area contributed by atoms with Gasteiger partial charge >= 0.3 is 5.63 Å². The summed E-state index contributed by atoms with van der Waals surface area (Å²) < 4.78 is 34.3. The van der Waals surface area contributed by atoms with Crippen LogP contribution >= 0.6 is 0 Å². The predicted octanol–water partition coefficient (Wildman–Crippen LogP) is 4.28. The number of nitrogens with two attached hydrogens (primary N) is 1. The summed E-state index contributed by atoms with van der Waals surface area (Å²) in [6.07, 6.45) is 1.52. The number of aryl methyl sites for hydroxylation is 2. The highest BCUT2D eigenvalue weighted by atomic mass is 32.2. The molecule has 0 atom stereocenters. The lowest BCUT2D eigenvalue weighted by molar-refractivity contribution is -0.115. The molecule has 1 amide bonds. The van der Waals surface area contributed by atoms with Gasteiger partial charge in [-0.2, -0.15) is 0 Å². The number of nitrogens with one attached hydrogen (secondary N) is 1. The first-order valence-corrected chi connectivity index (χ1v) is 12.2. The summed E-state index contributed by atoms with van der Waals surface area (Å²) >= 11 is 0. The zero-order valence-electron chi connectivity index (χ0n) is 19.6. The molecule has 34 heavy (non-hydrogen) atoms. The van der Waals surface area contributed by atoms with Crippen molar-refractivity contribution >= 4 is 43.6 Å². The van der Waals surface area contributed by atoms with E-state index in [0.29, 0.717) is 27.8 Å². The summed E-state index contributed by atoms with van der Waals surface area (Å²) in [5.74, 6) is -0.448. The molecule has 0 aliphatic carbocycles. The Morgan fingerprint density at radius 3 is 2.32 bits per heavy atom. The standard InChI is InChI=1S/C25H26N2O6S/c1-13-10-19-22(23-21(13)18(12-32-23)25(3,4)5)14(2)17(24(29)33-19)11-20(28)27-15-6-8-16(9-7-15)34(26,30)31/h6-10,12H,11H2,1-5H3,(H,27,28)(H2,26,30,31). The minimum atomic E-state index is -3.83. The molecule has 0 spiro atoms. The van der Waals surface area contributed by atoms with Gasteiger partial charge in [-0.15, -0.1) is 0 Å². The van der Waals surface area contributed by atoms with Crippen LogP contribution in [-0.4, -0.2) is 14.3 Å². The van der Waals surface area contributed by atoms with Gasteiger partial charge in [-0.1, -0.05) is 20.8 Å². The van der Waals surface area contributed by atoms with E-state index in [-0.39, 0.29) is 22.3 Å². The Morgan fingerprint density at radius 1 is 1.09 bits per heavy atom. The smallest absolute Gasteiger partial charge is 0.340 e. The van der Waals surface area contributed by atoms with Crippen LogP contribution in [0.1, 0.15) is 43.0 Å². The molecule has 9 heteroatoms. The Bertz CT molecular complexity index is 1600. The molecule has 0 unspecified atom stereocenters. The molecule has 0 saturated carbocycles. The number of hydrogen-bond donors (Lipinski definition) is 2. The molecule has 2 heterocycles. The number of carbonyl (C=O) groups excluding carboxylic acids is 1. The van der Waals surface area contributed by atoms with Crippen LogP contribution in [0, 0.1) is 13.8 Å². The molecular weight excluding hydrogens is 456 g/mol. The molecule has 2 aromatic carbocycles. The molecular formula is C25H26N2O6S. The van der Waals surface area contributed by atoms with Gasteiger partial charge in [0.05, 0.1) is 28.5 Å². The molecule has 4 aromatic rings. The third-order valence-corrected chi connectivity index (χ3v) is 6.82. The Hall–Kier alpha value is -3.43. The van der Waals surface area contributed by atoms with Gasteiger partial charge in [0.2, 0.25) is 15.9 Å². The highest BCUT2D eigenvalue weighted by molar-refractivity contribution is 7.89. The van der Waals surface area contributed by atoms with Crippen LogP contribution in [0.15, 0.2) is 55.1 Å². The SMILES string of the molecule is Cc1cc2oc(=O)c(CC(=O)Nc3ccc(S(N)(=O)=O)cc3)c(C)c2c2occ(C(C)(C)C)c12. The normalized spacial score (nSPS) is 12.4. The minimum absolute atomic E-state index is 0.0658. The van der Waals surface area contributed by atoms with E-state index < -0.39 is 21.6 Å². The number of hydrogen-bond acceptors (Lipinski definition) is 6. The van der Waals surface area contributed by atoms with Crippen LogP contribution in [0.25, 0.3) is 21.9 Å². The van der Waals surface area contributed by atoms with Crippen LogP contribution in [0.2, 0.25) is 0 Å². The van der Waals surface area contributed by atoms with Gasteiger partial charge in [0, 0.05) is 16.6 Å². The number of rotatable bonds is 4. The third kappa shape index (κ3) is 4.24. The fourth-order valence-electron chi connectivity index (χ4n) is 4.14. The van der Waals surface area contributed by atoms with Crippen LogP contribution in [-0.2, 0) is 26.7 Å². The summed E-state index contributed by atoms with van der Waals surface area (Å²) in [5, 5.41) is 9.40. The van der Waals surface area contributed by atoms with Crippen molar-refractivity contribution in [2.24, 2.45) is 5.14 Å². The van der Waals surface area contributed by atoms with E-state index in [1.165, 1.54) is 24.3 Å². The monoisotopic (exact) mass is 482 g/mol. The molecule has 0 aliphatic rings. The van der Waals surface area contributed by atoms with Crippen LogP contribution < -0.4 is 16.1 Å². The Morgan fingerprint density at radius 2 is 1.74 bits per heavy atom. The second-order valence-corrected chi connectivity index (χ2v) is 11.0. The molecule has 178 valence electrons. The number of furan rings is 1. The molecule has 0 saturated heterocycles. The molecule has 0 radical (unpaired) electrons. The second-order valence-electron chi connectivity index (χ2n) is 9.46. The number of carbonyl (C=O) groups is 1. The molecule has 0 aliphatic heterocycles. The summed E-state index contributed by atoms with van der Waals surface area (Å²) in [6, 6.07) is 7.27. The first-order valence-electron chi connectivity index (χ1n) is 10.7. The van der Waals surface area contributed by atoms with E-state index in [1.54, 1.807) is 13.2 Å². The molecule has 8 nitrogen and oxygen atoms in total. The number of fused-ring (bicyclic) bond motifs is 3. The van der Waals surface area contributed by atoms with Gasteiger partial charge in [0.25, 0.3) is 0 Å². The lowest BCUT2D eigenvalue weighted by atomic mass is 9.85. The van der Waals surface area contributed by atoms with Crippen LogP contribution in [0.4, 0.5) is 5.69 Å². The number of anilines is 1. The highest BCUT2D eigenvalue weighted by Crippen LogP contribution is 2.39. The average Bonchev–Trinajstić information content (AvgIpc) is 3.17. The second kappa shape index (κ2) is 8.11.